The lowest BCUT2D eigenvalue weighted by Gasteiger charge is -2.37. The maximum absolute atomic E-state index is 14.7. The van der Waals surface area contributed by atoms with Crippen molar-refractivity contribution >= 4 is 11.9 Å². The number of benzene rings is 1. The van der Waals surface area contributed by atoms with Gasteiger partial charge < -0.3 is 9.84 Å². The number of aryl methyl sites for hydroxylation is 1. The van der Waals surface area contributed by atoms with Crippen molar-refractivity contribution in [3.8, 4) is 0 Å². The van der Waals surface area contributed by atoms with Crippen LogP contribution in [0.25, 0.3) is 0 Å². The molecule has 1 saturated heterocycles. The van der Waals surface area contributed by atoms with Gasteiger partial charge in [-0.05, 0) is 70.6 Å². The van der Waals surface area contributed by atoms with Crippen molar-refractivity contribution in [2.45, 2.75) is 70.6 Å². The molecular weight excluding hydrogens is 449 g/mol. The first kappa shape index (κ1) is 25.3. The number of hydrogen-bond donors (Lipinski definition) is 1. The summed E-state index contributed by atoms with van der Waals surface area (Å²) in [6.45, 7) is 6.33. The number of allylic oxidation sites excluding steroid dienone is 1. The van der Waals surface area contributed by atoms with Gasteiger partial charge in [0.1, 0.15) is 11.4 Å². The number of ketones is 1. The largest absolute Gasteiger partial charge is 0.442 e. The first-order valence-electron chi connectivity index (χ1n) is 12.3. The molecule has 1 aliphatic heterocycles. The summed E-state index contributed by atoms with van der Waals surface area (Å²) in [6.07, 6.45) is 5.85. The normalized spacial score (nSPS) is 21.2. The van der Waals surface area contributed by atoms with Gasteiger partial charge in [0.15, 0.2) is 5.78 Å². The van der Waals surface area contributed by atoms with E-state index in [2.05, 4.69) is 5.10 Å². The highest BCUT2D eigenvalue weighted by molar-refractivity contribution is 5.89. The van der Waals surface area contributed by atoms with Crippen LogP contribution in [0, 0.1) is 11.7 Å². The molecule has 2 aliphatic rings. The molecule has 2 fully saturated rings. The van der Waals surface area contributed by atoms with Crippen LogP contribution in [0.1, 0.15) is 63.8 Å². The van der Waals surface area contributed by atoms with Crippen LogP contribution in [0.3, 0.4) is 0 Å². The van der Waals surface area contributed by atoms with Crippen LogP contribution < -0.4 is 0 Å². The minimum Gasteiger partial charge on any atom is -0.442 e. The predicted molar refractivity (Wildman–Crippen MR) is 129 cm³/mol. The van der Waals surface area contributed by atoms with Crippen molar-refractivity contribution in [1.82, 2.24) is 14.7 Å². The van der Waals surface area contributed by atoms with E-state index in [0.717, 1.165) is 24.1 Å². The number of aliphatic hydroxyl groups excluding tert-OH is 1. The predicted octanol–water partition coefficient (Wildman–Crippen LogP) is 4.45. The van der Waals surface area contributed by atoms with Crippen molar-refractivity contribution in [1.29, 1.82) is 0 Å². The van der Waals surface area contributed by atoms with Gasteiger partial charge in [0.25, 0.3) is 0 Å². The highest BCUT2D eigenvalue weighted by atomic mass is 19.1. The highest BCUT2D eigenvalue weighted by Gasteiger charge is 2.40. The summed E-state index contributed by atoms with van der Waals surface area (Å²) in [5, 5.41) is 14.9. The van der Waals surface area contributed by atoms with Crippen molar-refractivity contribution in [3.05, 3.63) is 65.3 Å². The third-order valence-electron chi connectivity index (χ3n) is 6.35. The summed E-state index contributed by atoms with van der Waals surface area (Å²) in [7, 11) is 0. The van der Waals surface area contributed by atoms with Crippen LogP contribution in [-0.4, -0.2) is 56.5 Å². The molecule has 0 radical (unpaired) electrons. The molecule has 1 aromatic heterocycles. The molecule has 1 aliphatic carbocycles. The molecule has 4 rings (SSSR count). The van der Waals surface area contributed by atoms with Gasteiger partial charge in [0, 0.05) is 30.8 Å². The molecule has 2 atom stereocenters. The Bertz CT molecular complexity index is 1100. The van der Waals surface area contributed by atoms with Gasteiger partial charge in [0.05, 0.1) is 17.8 Å². The lowest BCUT2D eigenvalue weighted by atomic mass is 9.92. The Kier molecular flexibility index (Phi) is 7.52. The molecule has 0 bridgehead atoms. The van der Waals surface area contributed by atoms with Gasteiger partial charge in [-0.1, -0.05) is 24.3 Å². The second kappa shape index (κ2) is 10.4. The number of carbonyl (C=O) groups excluding carboxylic acids is 2. The van der Waals surface area contributed by atoms with Gasteiger partial charge >= 0.3 is 6.09 Å². The van der Waals surface area contributed by atoms with Gasteiger partial charge in [-0.3, -0.25) is 9.69 Å². The Labute approximate surface area is 205 Å². The number of hydrogen-bond acceptors (Lipinski definition) is 6. The van der Waals surface area contributed by atoms with Crippen LogP contribution >= 0.6 is 0 Å². The van der Waals surface area contributed by atoms with E-state index in [0.29, 0.717) is 37.9 Å². The Morgan fingerprint density at radius 1 is 1.23 bits per heavy atom. The molecule has 2 heterocycles. The van der Waals surface area contributed by atoms with Crippen molar-refractivity contribution in [3.63, 3.8) is 0 Å². The summed E-state index contributed by atoms with van der Waals surface area (Å²) in [5.41, 5.74) is 1.38. The van der Waals surface area contributed by atoms with E-state index >= 15 is 0 Å². The standard InChI is InChI=1S/C27H34FN3O4/c1-27(2,3)35-26(34)31-16-13-20(29-31)8-6-7-19-17-30(15-14-23(19)32)24(25(33)18-11-12-18)21-9-4-5-10-22(21)28/h4-5,7,9-10,13,16,18,23-24,32H,6,8,11-12,14-15,17H2,1-3H3. The Hall–Kier alpha value is -2.84. The zero-order valence-electron chi connectivity index (χ0n) is 20.6. The number of rotatable bonds is 7. The zero-order chi connectivity index (χ0) is 25.2. The summed E-state index contributed by atoms with van der Waals surface area (Å²) in [6, 6.07) is 7.62. The molecule has 1 aromatic carbocycles. The smallest absolute Gasteiger partial charge is 0.435 e. The molecule has 0 amide bonds. The lowest BCUT2D eigenvalue weighted by molar-refractivity contribution is -0.126. The number of aliphatic hydroxyl groups is 1. The molecular formula is C27H34FN3O4. The molecule has 0 spiro atoms. The molecule has 8 heteroatoms. The zero-order valence-corrected chi connectivity index (χ0v) is 20.6. The maximum atomic E-state index is 14.7. The molecule has 188 valence electrons. The van der Waals surface area contributed by atoms with Gasteiger partial charge in [0.2, 0.25) is 0 Å². The minimum atomic E-state index is -0.635. The van der Waals surface area contributed by atoms with Crippen LogP contribution in [0.15, 0.2) is 48.2 Å². The Balaban J connectivity index is 1.43. The fourth-order valence-corrected chi connectivity index (χ4v) is 4.44. The fraction of sp³-hybridized carbons (Fsp3) is 0.519. The number of piperidine rings is 1. The first-order valence-corrected chi connectivity index (χ1v) is 12.3. The summed E-state index contributed by atoms with van der Waals surface area (Å²) >= 11 is 0. The van der Waals surface area contributed by atoms with E-state index < -0.39 is 23.8 Å². The molecule has 2 unspecified atom stereocenters. The topological polar surface area (TPSA) is 84.7 Å². The number of halogens is 1. The van der Waals surface area contributed by atoms with E-state index in [4.69, 9.17) is 4.74 Å². The summed E-state index contributed by atoms with van der Waals surface area (Å²) < 4.78 is 21.2. The number of nitrogens with zero attached hydrogens (tertiary/aromatic N) is 3. The number of likely N-dealkylation sites (tertiary alicyclic amines) is 1. The summed E-state index contributed by atoms with van der Waals surface area (Å²) in [5.74, 6) is -0.304. The number of aromatic nitrogens is 2. The minimum absolute atomic E-state index is 0.000954. The van der Waals surface area contributed by atoms with Crippen LogP contribution in [0.5, 0.6) is 0 Å². The average molecular weight is 484 g/mol. The van der Waals surface area contributed by atoms with E-state index in [1.165, 1.54) is 10.7 Å². The van der Waals surface area contributed by atoms with Gasteiger partial charge in [-0.15, -0.1) is 0 Å². The molecule has 7 nitrogen and oxygen atoms in total. The Morgan fingerprint density at radius 2 is 1.97 bits per heavy atom. The number of Topliss-reactive ketones (excluding diaryl/α,β-unsaturated/α-hetero) is 1. The van der Waals surface area contributed by atoms with Crippen molar-refractivity contribution in [2.24, 2.45) is 5.92 Å². The monoisotopic (exact) mass is 483 g/mol. The lowest BCUT2D eigenvalue weighted by Crippen LogP contribution is -2.43. The molecule has 2 aromatic rings. The maximum Gasteiger partial charge on any atom is 0.435 e. The average Bonchev–Trinajstić information content (AvgIpc) is 3.54. The van der Waals surface area contributed by atoms with E-state index in [1.807, 2.05) is 11.0 Å². The van der Waals surface area contributed by atoms with E-state index in [1.54, 1.807) is 51.2 Å². The molecule has 1 saturated carbocycles. The van der Waals surface area contributed by atoms with Crippen LogP contribution in [-0.2, 0) is 16.0 Å². The SMILES string of the molecule is CC(C)(C)OC(=O)n1ccc(CCC=C2CN(C(C(=O)C3CC3)c3ccccc3F)CCC2O)n1. The van der Waals surface area contributed by atoms with Crippen LogP contribution in [0.2, 0.25) is 0 Å². The summed E-state index contributed by atoms with van der Waals surface area (Å²) in [4.78, 5) is 27.3. The van der Waals surface area contributed by atoms with Gasteiger partial charge in [-0.25, -0.2) is 9.18 Å². The first-order chi connectivity index (χ1) is 16.6. The van der Waals surface area contributed by atoms with Crippen molar-refractivity contribution in [2.75, 3.05) is 13.1 Å². The van der Waals surface area contributed by atoms with Gasteiger partial charge in [-0.2, -0.15) is 9.78 Å². The third-order valence-corrected chi connectivity index (χ3v) is 6.35. The second-order valence-corrected chi connectivity index (χ2v) is 10.4. The highest BCUT2D eigenvalue weighted by Crippen LogP contribution is 2.39. The second-order valence-electron chi connectivity index (χ2n) is 10.4. The third kappa shape index (κ3) is 6.44. The number of ether oxygens (including phenoxy) is 1. The quantitative estimate of drug-likeness (QED) is 0.586. The van der Waals surface area contributed by atoms with Crippen LogP contribution in [0.4, 0.5) is 9.18 Å². The van der Waals surface area contributed by atoms with E-state index in [9.17, 15) is 19.1 Å². The van der Waals surface area contributed by atoms with E-state index in [-0.39, 0.29) is 17.5 Å². The van der Waals surface area contributed by atoms with Crippen molar-refractivity contribution < 1.29 is 23.8 Å². The number of carbonyl (C=O) groups is 2. The molecule has 35 heavy (non-hydrogen) atoms. The Morgan fingerprint density at radius 3 is 2.66 bits per heavy atom. The fourth-order valence-electron chi connectivity index (χ4n) is 4.44. The molecule has 1 N–H and O–H groups in total.